The molecule has 1 rings (SSSR count). The first-order chi connectivity index (χ1) is 8.24. The molecule has 0 spiro atoms. The predicted octanol–water partition coefficient (Wildman–Crippen LogP) is -0.00710. The van der Waals surface area contributed by atoms with E-state index in [2.05, 4.69) is 15.5 Å². The summed E-state index contributed by atoms with van der Waals surface area (Å²) in [6.07, 6.45) is 5.88. The molecule has 3 N–H and O–H groups in total. The van der Waals surface area contributed by atoms with Crippen molar-refractivity contribution in [3.8, 4) is 0 Å². The Morgan fingerprint density at radius 2 is 2.29 bits per heavy atom. The Morgan fingerprint density at radius 3 is 2.94 bits per heavy atom. The molecule has 1 aromatic rings. The minimum Gasteiger partial charge on any atom is -0.356 e. The molecule has 0 aromatic carbocycles. The molecular weight excluding hydrogens is 218 g/mol. The lowest BCUT2D eigenvalue weighted by Crippen LogP contribution is -2.26. The summed E-state index contributed by atoms with van der Waals surface area (Å²) >= 11 is 0. The van der Waals surface area contributed by atoms with Gasteiger partial charge in [0.05, 0.1) is 0 Å². The molecule has 0 aliphatic heterocycles. The summed E-state index contributed by atoms with van der Waals surface area (Å²) in [6, 6.07) is 0. The van der Waals surface area contributed by atoms with E-state index in [0.29, 0.717) is 25.9 Å². The van der Waals surface area contributed by atoms with E-state index in [9.17, 15) is 4.79 Å². The van der Waals surface area contributed by atoms with E-state index >= 15 is 0 Å². The second-order valence-electron chi connectivity index (χ2n) is 4.06. The molecule has 1 heterocycles. The molecule has 0 aliphatic rings. The summed E-state index contributed by atoms with van der Waals surface area (Å²) in [7, 11) is 1.89. The Morgan fingerprint density at radius 1 is 1.47 bits per heavy atom. The SMILES string of the molecule is Cn1cnnc1CCNC(=O)CCCCCN. The lowest BCUT2D eigenvalue weighted by atomic mass is 10.2. The number of rotatable bonds is 8. The van der Waals surface area contributed by atoms with Crippen molar-refractivity contribution < 1.29 is 4.79 Å². The minimum atomic E-state index is 0.101. The van der Waals surface area contributed by atoms with Gasteiger partial charge in [-0.05, 0) is 19.4 Å². The third-order valence-corrected chi connectivity index (χ3v) is 2.58. The number of hydrogen-bond donors (Lipinski definition) is 2. The maximum absolute atomic E-state index is 11.4. The fraction of sp³-hybridized carbons (Fsp3) is 0.727. The van der Waals surface area contributed by atoms with Gasteiger partial charge in [-0.2, -0.15) is 0 Å². The molecule has 6 heteroatoms. The Labute approximate surface area is 102 Å². The second-order valence-corrected chi connectivity index (χ2v) is 4.06. The minimum absolute atomic E-state index is 0.101. The monoisotopic (exact) mass is 239 g/mol. The fourth-order valence-corrected chi connectivity index (χ4v) is 1.54. The van der Waals surface area contributed by atoms with Gasteiger partial charge in [0.1, 0.15) is 12.2 Å². The van der Waals surface area contributed by atoms with Crippen LogP contribution in [0.2, 0.25) is 0 Å². The van der Waals surface area contributed by atoms with E-state index in [1.807, 2.05) is 11.6 Å². The summed E-state index contributed by atoms with van der Waals surface area (Å²) < 4.78 is 1.85. The Balaban J connectivity index is 2.06. The number of carbonyl (C=O) groups is 1. The van der Waals surface area contributed by atoms with Gasteiger partial charge < -0.3 is 15.6 Å². The zero-order valence-corrected chi connectivity index (χ0v) is 10.4. The van der Waals surface area contributed by atoms with Crippen molar-refractivity contribution in [3.63, 3.8) is 0 Å². The maximum atomic E-state index is 11.4. The van der Waals surface area contributed by atoms with Crippen molar-refractivity contribution in [2.24, 2.45) is 12.8 Å². The molecule has 0 bridgehead atoms. The van der Waals surface area contributed by atoms with Crippen LogP contribution in [0.25, 0.3) is 0 Å². The lowest BCUT2D eigenvalue weighted by Gasteiger charge is -2.04. The van der Waals surface area contributed by atoms with Crippen molar-refractivity contribution in [2.75, 3.05) is 13.1 Å². The Kier molecular flexibility index (Phi) is 6.24. The normalized spacial score (nSPS) is 10.5. The first-order valence-corrected chi connectivity index (χ1v) is 6.03. The van der Waals surface area contributed by atoms with Crippen molar-refractivity contribution >= 4 is 5.91 Å². The Bertz CT molecular complexity index is 336. The van der Waals surface area contributed by atoms with Crippen LogP contribution in [0.1, 0.15) is 31.5 Å². The van der Waals surface area contributed by atoms with Crippen molar-refractivity contribution in [3.05, 3.63) is 12.2 Å². The summed E-state index contributed by atoms with van der Waals surface area (Å²) in [5, 5.41) is 10.6. The van der Waals surface area contributed by atoms with E-state index in [1.54, 1.807) is 6.33 Å². The largest absolute Gasteiger partial charge is 0.356 e. The molecule has 0 atom stereocenters. The van der Waals surface area contributed by atoms with E-state index < -0.39 is 0 Å². The van der Waals surface area contributed by atoms with Crippen molar-refractivity contribution in [1.82, 2.24) is 20.1 Å². The molecule has 0 saturated carbocycles. The predicted molar refractivity (Wildman–Crippen MR) is 65.2 cm³/mol. The Hall–Kier alpha value is -1.43. The van der Waals surface area contributed by atoms with Gasteiger partial charge in [-0.15, -0.1) is 10.2 Å². The molecular formula is C11H21N5O. The van der Waals surface area contributed by atoms with Crippen LogP contribution in [0, 0.1) is 0 Å². The number of nitrogens with two attached hydrogens (primary N) is 1. The molecule has 17 heavy (non-hydrogen) atoms. The van der Waals surface area contributed by atoms with Gasteiger partial charge in [-0.3, -0.25) is 4.79 Å². The maximum Gasteiger partial charge on any atom is 0.220 e. The summed E-state index contributed by atoms with van der Waals surface area (Å²) in [6.45, 7) is 1.32. The third-order valence-electron chi connectivity index (χ3n) is 2.58. The average Bonchev–Trinajstić information content (AvgIpc) is 2.71. The van der Waals surface area contributed by atoms with Gasteiger partial charge in [0.15, 0.2) is 0 Å². The number of aromatic nitrogens is 3. The van der Waals surface area contributed by atoms with E-state index in [1.165, 1.54) is 0 Å². The van der Waals surface area contributed by atoms with Crippen molar-refractivity contribution in [2.45, 2.75) is 32.1 Å². The van der Waals surface area contributed by atoms with Gasteiger partial charge in [-0.1, -0.05) is 6.42 Å². The number of amides is 1. The highest BCUT2D eigenvalue weighted by atomic mass is 16.1. The molecule has 1 amide bonds. The number of carbonyl (C=O) groups excluding carboxylic acids is 1. The van der Waals surface area contributed by atoms with E-state index in [4.69, 9.17) is 5.73 Å². The van der Waals surface area contributed by atoms with Crippen LogP contribution in [0.4, 0.5) is 0 Å². The zero-order valence-electron chi connectivity index (χ0n) is 10.4. The van der Waals surface area contributed by atoms with Crippen LogP contribution < -0.4 is 11.1 Å². The average molecular weight is 239 g/mol. The molecule has 96 valence electrons. The van der Waals surface area contributed by atoms with Gasteiger partial charge in [0, 0.05) is 26.4 Å². The van der Waals surface area contributed by atoms with Crippen molar-refractivity contribution in [1.29, 1.82) is 0 Å². The highest BCUT2D eigenvalue weighted by Gasteiger charge is 2.03. The quantitative estimate of drug-likeness (QED) is 0.625. The number of aryl methyl sites for hydroxylation is 1. The lowest BCUT2D eigenvalue weighted by molar-refractivity contribution is -0.121. The first kappa shape index (κ1) is 13.6. The van der Waals surface area contributed by atoms with Crippen LogP contribution in [-0.2, 0) is 18.3 Å². The highest BCUT2D eigenvalue weighted by Crippen LogP contribution is 1.98. The van der Waals surface area contributed by atoms with Gasteiger partial charge in [-0.25, -0.2) is 0 Å². The third kappa shape index (κ3) is 5.44. The topological polar surface area (TPSA) is 85.8 Å². The van der Waals surface area contributed by atoms with Crippen LogP contribution in [0.3, 0.4) is 0 Å². The standard InChI is InChI=1S/C11H21N5O/c1-16-9-14-15-10(16)6-8-13-11(17)5-3-2-4-7-12/h9H,2-8,12H2,1H3,(H,13,17). The van der Waals surface area contributed by atoms with E-state index in [0.717, 1.165) is 25.1 Å². The molecule has 0 fully saturated rings. The molecule has 0 saturated heterocycles. The second kappa shape index (κ2) is 7.78. The van der Waals surface area contributed by atoms with Crippen LogP contribution in [-0.4, -0.2) is 33.8 Å². The summed E-state index contributed by atoms with van der Waals surface area (Å²) in [5.74, 6) is 0.984. The zero-order chi connectivity index (χ0) is 12.5. The molecule has 1 aromatic heterocycles. The van der Waals surface area contributed by atoms with Crippen LogP contribution >= 0.6 is 0 Å². The smallest absolute Gasteiger partial charge is 0.220 e. The highest BCUT2D eigenvalue weighted by molar-refractivity contribution is 5.75. The van der Waals surface area contributed by atoms with Gasteiger partial charge >= 0.3 is 0 Å². The van der Waals surface area contributed by atoms with Gasteiger partial charge in [0.25, 0.3) is 0 Å². The summed E-state index contributed by atoms with van der Waals surface area (Å²) in [4.78, 5) is 11.4. The molecule has 0 unspecified atom stereocenters. The van der Waals surface area contributed by atoms with Crippen LogP contribution in [0.5, 0.6) is 0 Å². The van der Waals surface area contributed by atoms with Gasteiger partial charge in [0.2, 0.25) is 5.91 Å². The number of nitrogens with zero attached hydrogens (tertiary/aromatic N) is 3. The number of unbranched alkanes of at least 4 members (excludes halogenated alkanes) is 2. The fourth-order valence-electron chi connectivity index (χ4n) is 1.54. The molecule has 0 radical (unpaired) electrons. The number of nitrogens with one attached hydrogen (secondary N) is 1. The molecule has 0 aliphatic carbocycles. The summed E-state index contributed by atoms with van der Waals surface area (Å²) in [5.41, 5.74) is 5.38. The van der Waals surface area contributed by atoms with E-state index in [-0.39, 0.29) is 5.91 Å². The molecule has 6 nitrogen and oxygen atoms in total. The van der Waals surface area contributed by atoms with Crippen LogP contribution in [0.15, 0.2) is 6.33 Å². The first-order valence-electron chi connectivity index (χ1n) is 6.03. The number of hydrogen-bond acceptors (Lipinski definition) is 4.